The van der Waals surface area contributed by atoms with Gasteiger partial charge in [0.25, 0.3) is 0 Å². The highest BCUT2D eigenvalue weighted by Crippen LogP contribution is 2.19. The Morgan fingerprint density at radius 2 is 1.94 bits per heavy atom. The summed E-state index contributed by atoms with van der Waals surface area (Å²) in [5.74, 6) is -0.689. The maximum Gasteiger partial charge on any atom is 0.338 e. The van der Waals surface area contributed by atoms with Crippen LogP contribution in [0.2, 0.25) is 0 Å². The van der Waals surface area contributed by atoms with Gasteiger partial charge in [0.2, 0.25) is 0 Å². The van der Waals surface area contributed by atoms with E-state index >= 15 is 0 Å². The molecule has 0 heterocycles. The number of carbonyl (C=O) groups is 1. The fraction of sp³-hybridized carbons (Fsp3) is 0.250. The fourth-order valence-corrected chi connectivity index (χ4v) is 2.35. The molecular formula is C12H14O5S. The summed E-state index contributed by atoms with van der Waals surface area (Å²) in [5.41, 5.74) is 1.38. The van der Waals surface area contributed by atoms with Crippen molar-refractivity contribution in [1.29, 1.82) is 0 Å². The van der Waals surface area contributed by atoms with Crippen LogP contribution >= 0.6 is 0 Å². The van der Waals surface area contributed by atoms with E-state index in [0.29, 0.717) is 5.56 Å². The standard InChI is InChI=1S/C12H14O5S/c1-9-4-5-10(2)11(8-9)18(14,15)17-7-6-12(13)16-3/h4-8H,1-3H3/b7-6-. The van der Waals surface area contributed by atoms with Crippen LogP contribution in [-0.2, 0) is 23.8 Å². The summed E-state index contributed by atoms with van der Waals surface area (Å²) in [4.78, 5) is 10.9. The van der Waals surface area contributed by atoms with Crippen LogP contribution in [0.3, 0.4) is 0 Å². The average molecular weight is 270 g/mol. The van der Waals surface area contributed by atoms with Crippen LogP contribution < -0.4 is 0 Å². The van der Waals surface area contributed by atoms with Crippen molar-refractivity contribution in [3.05, 3.63) is 41.7 Å². The first-order chi connectivity index (χ1) is 8.36. The molecule has 98 valence electrons. The Balaban J connectivity index is 2.97. The van der Waals surface area contributed by atoms with E-state index in [1.54, 1.807) is 26.0 Å². The van der Waals surface area contributed by atoms with Gasteiger partial charge in [0.05, 0.1) is 13.2 Å². The third kappa shape index (κ3) is 3.59. The Bertz CT molecular complexity index is 572. The Morgan fingerprint density at radius 1 is 1.28 bits per heavy atom. The maximum atomic E-state index is 11.8. The van der Waals surface area contributed by atoms with E-state index in [-0.39, 0.29) is 4.90 Å². The van der Waals surface area contributed by atoms with Gasteiger partial charge in [0.15, 0.2) is 0 Å². The van der Waals surface area contributed by atoms with Crippen LogP contribution in [0.15, 0.2) is 35.4 Å². The maximum absolute atomic E-state index is 11.8. The second-order valence-corrected chi connectivity index (χ2v) is 5.19. The lowest BCUT2D eigenvalue weighted by Gasteiger charge is -2.07. The quantitative estimate of drug-likeness (QED) is 0.360. The molecule has 0 saturated heterocycles. The van der Waals surface area contributed by atoms with E-state index in [2.05, 4.69) is 8.92 Å². The normalized spacial score (nSPS) is 11.5. The molecular weight excluding hydrogens is 256 g/mol. The van der Waals surface area contributed by atoms with Gasteiger partial charge in [-0.1, -0.05) is 12.1 Å². The van der Waals surface area contributed by atoms with E-state index in [0.717, 1.165) is 17.9 Å². The Morgan fingerprint density at radius 3 is 2.56 bits per heavy atom. The summed E-state index contributed by atoms with van der Waals surface area (Å²) < 4.78 is 32.6. The van der Waals surface area contributed by atoms with Gasteiger partial charge in [-0.05, 0) is 31.0 Å². The summed E-state index contributed by atoms with van der Waals surface area (Å²) in [6.45, 7) is 3.45. The minimum absolute atomic E-state index is 0.0806. The predicted octanol–water partition coefficient (Wildman–Crippen LogP) is 1.70. The summed E-state index contributed by atoms with van der Waals surface area (Å²) in [7, 11) is -2.73. The molecule has 0 unspecified atom stereocenters. The highest BCUT2D eigenvalue weighted by molar-refractivity contribution is 7.86. The number of aryl methyl sites for hydroxylation is 2. The third-order valence-corrected chi connectivity index (χ3v) is 3.54. The van der Waals surface area contributed by atoms with Crippen LogP contribution in [-0.4, -0.2) is 21.5 Å². The molecule has 0 spiro atoms. The van der Waals surface area contributed by atoms with E-state index in [1.807, 2.05) is 0 Å². The van der Waals surface area contributed by atoms with E-state index in [1.165, 1.54) is 13.2 Å². The molecule has 0 atom stereocenters. The molecule has 0 bridgehead atoms. The molecule has 0 aliphatic heterocycles. The van der Waals surface area contributed by atoms with Gasteiger partial charge in [-0.3, -0.25) is 0 Å². The number of hydrogen-bond donors (Lipinski definition) is 0. The van der Waals surface area contributed by atoms with Crippen molar-refractivity contribution in [3.8, 4) is 0 Å². The lowest BCUT2D eigenvalue weighted by Crippen LogP contribution is -2.05. The van der Waals surface area contributed by atoms with Crippen molar-refractivity contribution >= 4 is 16.1 Å². The van der Waals surface area contributed by atoms with Crippen molar-refractivity contribution in [3.63, 3.8) is 0 Å². The Labute approximate surface area is 106 Å². The number of esters is 1. The molecule has 0 fully saturated rings. The molecule has 0 radical (unpaired) electrons. The lowest BCUT2D eigenvalue weighted by molar-refractivity contribution is -0.134. The van der Waals surface area contributed by atoms with E-state index < -0.39 is 16.1 Å². The summed E-state index contributed by atoms with van der Waals surface area (Å²) >= 11 is 0. The van der Waals surface area contributed by atoms with Crippen LogP contribution in [0.5, 0.6) is 0 Å². The average Bonchev–Trinajstić information content (AvgIpc) is 2.31. The highest BCUT2D eigenvalue weighted by atomic mass is 32.2. The highest BCUT2D eigenvalue weighted by Gasteiger charge is 2.17. The van der Waals surface area contributed by atoms with Crippen molar-refractivity contribution in [2.24, 2.45) is 0 Å². The summed E-state index contributed by atoms with van der Waals surface area (Å²) in [6.07, 6.45) is 1.69. The van der Waals surface area contributed by atoms with Crippen molar-refractivity contribution in [1.82, 2.24) is 0 Å². The molecule has 0 N–H and O–H groups in total. The molecule has 18 heavy (non-hydrogen) atoms. The number of methoxy groups -OCH3 is 1. The molecule has 0 saturated carbocycles. The number of hydrogen-bond acceptors (Lipinski definition) is 5. The Kier molecular flexibility index (Phi) is 4.49. The van der Waals surface area contributed by atoms with Gasteiger partial charge in [0.1, 0.15) is 11.2 Å². The van der Waals surface area contributed by atoms with Gasteiger partial charge < -0.3 is 8.92 Å². The van der Waals surface area contributed by atoms with E-state index in [9.17, 15) is 13.2 Å². The molecule has 0 aliphatic rings. The van der Waals surface area contributed by atoms with Crippen molar-refractivity contribution in [2.45, 2.75) is 18.7 Å². The van der Waals surface area contributed by atoms with Crippen LogP contribution in [0, 0.1) is 13.8 Å². The molecule has 1 rings (SSSR count). The van der Waals surface area contributed by atoms with Crippen LogP contribution in [0.25, 0.3) is 0 Å². The zero-order valence-corrected chi connectivity index (χ0v) is 11.2. The minimum Gasteiger partial charge on any atom is -0.466 e. The monoisotopic (exact) mass is 270 g/mol. The number of benzene rings is 1. The first kappa shape index (κ1) is 14.2. The second-order valence-electron chi connectivity index (χ2n) is 3.65. The van der Waals surface area contributed by atoms with E-state index in [4.69, 9.17) is 0 Å². The second kappa shape index (κ2) is 5.68. The zero-order valence-electron chi connectivity index (χ0n) is 10.3. The van der Waals surface area contributed by atoms with Crippen LogP contribution in [0.4, 0.5) is 0 Å². The summed E-state index contributed by atoms with van der Waals surface area (Å²) in [5, 5.41) is 0. The fourth-order valence-electron chi connectivity index (χ4n) is 1.25. The minimum atomic E-state index is -3.91. The van der Waals surface area contributed by atoms with Gasteiger partial charge in [-0.25, -0.2) is 4.79 Å². The van der Waals surface area contributed by atoms with Gasteiger partial charge in [-0.2, -0.15) is 8.42 Å². The molecule has 5 nitrogen and oxygen atoms in total. The number of ether oxygens (including phenoxy) is 1. The van der Waals surface area contributed by atoms with Gasteiger partial charge in [-0.15, -0.1) is 0 Å². The SMILES string of the molecule is COC(=O)/C=C\OS(=O)(=O)c1cc(C)ccc1C. The van der Waals surface area contributed by atoms with Crippen molar-refractivity contribution < 1.29 is 22.1 Å². The van der Waals surface area contributed by atoms with Gasteiger partial charge in [0, 0.05) is 0 Å². The predicted molar refractivity (Wildman–Crippen MR) is 65.3 cm³/mol. The molecule has 0 amide bonds. The number of rotatable bonds is 4. The molecule has 0 aromatic heterocycles. The van der Waals surface area contributed by atoms with Crippen LogP contribution in [0.1, 0.15) is 11.1 Å². The third-order valence-electron chi connectivity index (χ3n) is 2.20. The van der Waals surface area contributed by atoms with Crippen molar-refractivity contribution in [2.75, 3.05) is 7.11 Å². The lowest BCUT2D eigenvalue weighted by atomic mass is 10.2. The molecule has 1 aromatic carbocycles. The number of carbonyl (C=O) groups excluding carboxylic acids is 1. The largest absolute Gasteiger partial charge is 0.466 e. The topological polar surface area (TPSA) is 69.7 Å². The molecule has 6 heteroatoms. The molecule has 1 aromatic rings. The first-order valence-corrected chi connectivity index (χ1v) is 6.52. The zero-order chi connectivity index (χ0) is 13.8. The Hall–Kier alpha value is -1.82. The summed E-state index contributed by atoms with van der Waals surface area (Å²) in [6, 6.07) is 5.00. The van der Waals surface area contributed by atoms with Gasteiger partial charge >= 0.3 is 16.1 Å². The first-order valence-electron chi connectivity index (χ1n) is 5.12. The molecule has 0 aliphatic carbocycles. The smallest absolute Gasteiger partial charge is 0.338 e.